The highest BCUT2D eigenvalue weighted by atomic mass is 16.5. The fourth-order valence-electron chi connectivity index (χ4n) is 3.32. The second-order valence-corrected chi connectivity index (χ2v) is 6.93. The molecule has 4 rings (SSSR count). The van der Waals surface area contributed by atoms with Crippen LogP contribution in [0, 0.1) is 20.8 Å². The van der Waals surface area contributed by atoms with Gasteiger partial charge < -0.3 is 9.15 Å². The maximum Gasteiger partial charge on any atom is 0.310 e. The van der Waals surface area contributed by atoms with Crippen LogP contribution in [0.1, 0.15) is 28.1 Å². The molecule has 0 saturated heterocycles. The number of fused-ring (bicyclic) bond motifs is 2. The number of benzene rings is 1. The van der Waals surface area contributed by atoms with Gasteiger partial charge in [0.25, 0.3) is 5.56 Å². The van der Waals surface area contributed by atoms with Gasteiger partial charge in [-0.2, -0.15) is 0 Å². The van der Waals surface area contributed by atoms with Crippen LogP contribution in [-0.2, 0) is 22.6 Å². The molecule has 0 aliphatic rings. The van der Waals surface area contributed by atoms with Gasteiger partial charge in [-0.15, -0.1) is 0 Å². The Bertz CT molecular complexity index is 1270. The molecule has 6 nitrogen and oxygen atoms in total. The molecule has 28 heavy (non-hydrogen) atoms. The molecule has 4 aromatic rings. The predicted molar refractivity (Wildman–Crippen MR) is 105 cm³/mol. The first-order valence-electron chi connectivity index (χ1n) is 9.04. The van der Waals surface area contributed by atoms with E-state index in [1.807, 2.05) is 45.0 Å². The van der Waals surface area contributed by atoms with Crippen molar-refractivity contribution in [3.8, 4) is 0 Å². The number of ether oxygens (including phenoxy) is 1. The van der Waals surface area contributed by atoms with Gasteiger partial charge in [0.1, 0.15) is 17.8 Å². The van der Waals surface area contributed by atoms with E-state index in [9.17, 15) is 9.59 Å². The number of hydrogen-bond acceptors (Lipinski definition) is 5. The molecule has 1 aromatic carbocycles. The van der Waals surface area contributed by atoms with Crippen molar-refractivity contribution in [2.45, 2.75) is 33.8 Å². The molecule has 6 heteroatoms. The molecule has 0 N–H and O–H groups in total. The van der Waals surface area contributed by atoms with Gasteiger partial charge in [0.05, 0.1) is 18.4 Å². The third-order valence-electron chi connectivity index (χ3n) is 4.99. The van der Waals surface area contributed by atoms with Crippen LogP contribution in [0.15, 0.2) is 51.9 Å². The maximum atomic E-state index is 12.3. The Morgan fingerprint density at radius 3 is 2.82 bits per heavy atom. The second-order valence-electron chi connectivity index (χ2n) is 6.93. The van der Waals surface area contributed by atoms with Crippen molar-refractivity contribution in [3.63, 3.8) is 0 Å². The maximum absolute atomic E-state index is 12.3. The van der Waals surface area contributed by atoms with Crippen molar-refractivity contribution in [1.29, 1.82) is 0 Å². The van der Waals surface area contributed by atoms with Gasteiger partial charge in [-0.25, -0.2) is 4.98 Å². The highest BCUT2D eigenvalue weighted by molar-refractivity contribution is 5.88. The molecule has 3 aromatic heterocycles. The number of hydrogen-bond donors (Lipinski definition) is 0. The number of aromatic nitrogens is 2. The minimum Gasteiger partial charge on any atom is -0.464 e. The summed E-state index contributed by atoms with van der Waals surface area (Å²) in [4.78, 5) is 29.0. The fourth-order valence-corrected chi connectivity index (χ4v) is 3.32. The lowest BCUT2D eigenvalue weighted by atomic mass is 10.0. The molecule has 0 unspecified atom stereocenters. The standard InChI is InChI=1S/C22H20N2O4/c1-13-7-8-18-16(11-28-22(18)15(13)3)9-21(26)27-12-17-10-20(25)24-14(2)5-4-6-19(24)23-17/h4-8,10-11H,9,12H2,1-3H3. The summed E-state index contributed by atoms with van der Waals surface area (Å²) in [5, 5.41) is 0.914. The molecule has 0 aliphatic heterocycles. The highest BCUT2D eigenvalue weighted by Gasteiger charge is 2.14. The van der Waals surface area contributed by atoms with E-state index in [0.29, 0.717) is 11.3 Å². The van der Waals surface area contributed by atoms with E-state index < -0.39 is 5.97 Å². The van der Waals surface area contributed by atoms with Crippen LogP contribution in [-0.4, -0.2) is 15.4 Å². The third-order valence-corrected chi connectivity index (χ3v) is 4.99. The average Bonchev–Trinajstić information content (AvgIpc) is 3.06. The molecular formula is C22H20N2O4. The first-order valence-corrected chi connectivity index (χ1v) is 9.04. The lowest BCUT2D eigenvalue weighted by Crippen LogP contribution is -2.18. The quantitative estimate of drug-likeness (QED) is 0.508. The zero-order valence-corrected chi connectivity index (χ0v) is 16.0. The van der Waals surface area contributed by atoms with Gasteiger partial charge >= 0.3 is 5.97 Å². The van der Waals surface area contributed by atoms with Gasteiger partial charge in [-0.1, -0.05) is 18.2 Å². The summed E-state index contributed by atoms with van der Waals surface area (Å²) >= 11 is 0. The highest BCUT2D eigenvalue weighted by Crippen LogP contribution is 2.27. The number of carbonyl (C=O) groups excluding carboxylic acids is 1. The van der Waals surface area contributed by atoms with Crippen LogP contribution < -0.4 is 5.56 Å². The average molecular weight is 376 g/mol. The molecular weight excluding hydrogens is 356 g/mol. The second kappa shape index (κ2) is 6.96. The topological polar surface area (TPSA) is 73.8 Å². The van der Waals surface area contributed by atoms with E-state index >= 15 is 0 Å². The molecule has 0 bridgehead atoms. The predicted octanol–water partition coefficient (Wildman–Crippen LogP) is 3.65. The Morgan fingerprint density at radius 2 is 2.00 bits per heavy atom. The van der Waals surface area contributed by atoms with Crippen LogP contribution in [0.25, 0.3) is 16.6 Å². The van der Waals surface area contributed by atoms with Crippen LogP contribution in [0.4, 0.5) is 0 Å². The van der Waals surface area contributed by atoms with Crippen LogP contribution in [0.5, 0.6) is 0 Å². The van der Waals surface area contributed by atoms with Crippen molar-refractivity contribution in [2.75, 3.05) is 0 Å². The normalized spacial score (nSPS) is 11.2. The molecule has 0 saturated carbocycles. The summed E-state index contributed by atoms with van der Waals surface area (Å²) in [6.07, 6.45) is 1.70. The van der Waals surface area contributed by atoms with Crippen LogP contribution in [0.2, 0.25) is 0 Å². The van der Waals surface area contributed by atoms with Crippen molar-refractivity contribution >= 4 is 22.6 Å². The number of pyridine rings is 1. The van der Waals surface area contributed by atoms with E-state index in [0.717, 1.165) is 33.4 Å². The molecule has 0 amide bonds. The first kappa shape index (κ1) is 18.0. The lowest BCUT2D eigenvalue weighted by molar-refractivity contribution is -0.144. The number of nitrogens with zero attached hydrogens (tertiary/aromatic N) is 2. The van der Waals surface area contributed by atoms with Gasteiger partial charge in [-0.3, -0.25) is 14.0 Å². The summed E-state index contributed by atoms with van der Waals surface area (Å²) in [7, 11) is 0. The third kappa shape index (κ3) is 3.17. The molecule has 0 fully saturated rings. The number of esters is 1. The monoisotopic (exact) mass is 376 g/mol. The molecule has 0 spiro atoms. The molecule has 3 heterocycles. The van der Waals surface area contributed by atoms with E-state index in [4.69, 9.17) is 9.15 Å². The van der Waals surface area contributed by atoms with Crippen molar-refractivity contribution in [2.24, 2.45) is 0 Å². The van der Waals surface area contributed by atoms with Crippen molar-refractivity contribution in [3.05, 3.63) is 81.1 Å². The summed E-state index contributed by atoms with van der Waals surface area (Å²) in [6, 6.07) is 10.8. The summed E-state index contributed by atoms with van der Waals surface area (Å²) in [5.74, 6) is -0.396. The van der Waals surface area contributed by atoms with Gasteiger partial charge in [0, 0.05) is 22.7 Å². The van der Waals surface area contributed by atoms with E-state index in [-0.39, 0.29) is 18.6 Å². The first-order chi connectivity index (χ1) is 13.4. The molecule has 0 aliphatic carbocycles. The zero-order valence-electron chi connectivity index (χ0n) is 16.0. The number of aryl methyl sites for hydroxylation is 3. The largest absolute Gasteiger partial charge is 0.464 e. The Balaban J connectivity index is 1.50. The molecule has 142 valence electrons. The molecule has 0 radical (unpaired) electrons. The SMILES string of the molecule is Cc1ccc2c(CC(=O)OCc3cc(=O)n4c(C)cccc4n3)coc2c1C. The minimum absolute atomic E-state index is 0.0492. The van der Waals surface area contributed by atoms with Gasteiger partial charge in [-0.05, 0) is 44.0 Å². The van der Waals surface area contributed by atoms with E-state index in [1.165, 1.54) is 10.5 Å². The van der Waals surface area contributed by atoms with Gasteiger partial charge in [0.2, 0.25) is 0 Å². The Hall–Kier alpha value is -3.41. The van der Waals surface area contributed by atoms with Gasteiger partial charge in [0.15, 0.2) is 0 Å². The number of rotatable bonds is 4. The Morgan fingerprint density at radius 1 is 1.18 bits per heavy atom. The van der Waals surface area contributed by atoms with E-state index in [2.05, 4.69) is 4.98 Å². The Labute approximate surface area is 161 Å². The smallest absolute Gasteiger partial charge is 0.310 e. The van der Waals surface area contributed by atoms with Crippen molar-refractivity contribution in [1.82, 2.24) is 9.38 Å². The lowest BCUT2D eigenvalue weighted by Gasteiger charge is -2.07. The zero-order chi connectivity index (χ0) is 19.8. The minimum atomic E-state index is -0.396. The van der Waals surface area contributed by atoms with Crippen LogP contribution in [0.3, 0.4) is 0 Å². The fraction of sp³-hybridized carbons (Fsp3) is 0.227. The summed E-state index contributed by atoms with van der Waals surface area (Å²) in [6.45, 7) is 5.81. The Kier molecular flexibility index (Phi) is 4.47. The molecule has 0 atom stereocenters. The van der Waals surface area contributed by atoms with E-state index in [1.54, 1.807) is 12.3 Å². The van der Waals surface area contributed by atoms with Crippen LogP contribution >= 0.6 is 0 Å². The summed E-state index contributed by atoms with van der Waals surface area (Å²) < 4.78 is 12.5. The van der Waals surface area contributed by atoms with Crippen molar-refractivity contribution < 1.29 is 13.9 Å². The number of furan rings is 1. The summed E-state index contributed by atoms with van der Waals surface area (Å²) in [5.41, 5.74) is 5.34. The number of carbonyl (C=O) groups is 1.